The lowest BCUT2D eigenvalue weighted by Gasteiger charge is -2.24. The number of H-pyrrole nitrogens is 1. The number of hydrogen-bond acceptors (Lipinski definition) is 5. The molecule has 0 radical (unpaired) electrons. The number of carbonyl (C=O) groups is 1. The molecule has 0 aliphatic rings. The highest BCUT2D eigenvalue weighted by Gasteiger charge is 2.19. The van der Waals surface area contributed by atoms with Gasteiger partial charge < -0.3 is 14.8 Å². The van der Waals surface area contributed by atoms with Gasteiger partial charge in [0.15, 0.2) is 0 Å². The standard InChI is InChI=1S/C24H29FN4O3/c1-16(24(30)26-22-15-20(31-3)11-12-23(22)32-4)29(2)13-5-6-19-14-21(28-27-19)17-7-9-18(25)10-8-17/h7-12,14-16H,5-6,13H2,1-4H3,(H,26,30)(H,27,28). The van der Waals surface area contributed by atoms with Crippen molar-refractivity contribution >= 4 is 11.6 Å². The number of ether oxygens (including phenoxy) is 2. The Morgan fingerprint density at radius 3 is 2.59 bits per heavy atom. The number of aromatic amines is 1. The van der Waals surface area contributed by atoms with Gasteiger partial charge in [0.05, 0.1) is 31.6 Å². The smallest absolute Gasteiger partial charge is 0.241 e. The van der Waals surface area contributed by atoms with Crippen LogP contribution in [0.5, 0.6) is 11.5 Å². The SMILES string of the molecule is COc1ccc(OC)c(NC(=O)C(C)N(C)CCCc2cc(-c3ccc(F)cc3)n[nH]2)c1. The van der Waals surface area contributed by atoms with Gasteiger partial charge in [-0.3, -0.25) is 14.8 Å². The zero-order chi connectivity index (χ0) is 23.1. The predicted octanol–water partition coefficient (Wildman–Crippen LogP) is 4.12. The Balaban J connectivity index is 1.51. The molecular formula is C24H29FN4O3. The fourth-order valence-electron chi connectivity index (χ4n) is 3.32. The molecule has 170 valence electrons. The van der Waals surface area contributed by atoms with Crippen molar-refractivity contribution in [2.45, 2.75) is 25.8 Å². The quantitative estimate of drug-likeness (QED) is 0.496. The van der Waals surface area contributed by atoms with Crippen LogP contribution in [0.2, 0.25) is 0 Å². The third-order valence-electron chi connectivity index (χ3n) is 5.43. The minimum absolute atomic E-state index is 0.126. The molecule has 0 bridgehead atoms. The Bertz CT molecular complexity index is 1040. The third kappa shape index (κ3) is 5.85. The second kappa shape index (κ2) is 10.8. The minimum Gasteiger partial charge on any atom is -0.497 e. The molecule has 32 heavy (non-hydrogen) atoms. The number of aryl methyl sites for hydroxylation is 1. The van der Waals surface area contributed by atoms with Crippen LogP contribution in [0.25, 0.3) is 11.3 Å². The molecule has 1 amide bonds. The molecule has 1 heterocycles. The first-order chi connectivity index (χ1) is 15.4. The molecule has 1 aromatic heterocycles. The van der Waals surface area contributed by atoms with E-state index in [0.29, 0.717) is 17.2 Å². The van der Waals surface area contributed by atoms with E-state index in [0.717, 1.165) is 36.3 Å². The molecule has 3 aromatic rings. The second-order valence-electron chi connectivity index (χ2n) is 7.60. The zero-order valence-corrected chi connectivity index (χ0v) is 18.8. The van der Waals surface area contributed by atoms with E-state index >= 15 is 0 Å². The van der Waals surface area contributed by atoms with E-state index in [9.17, 15) is 9.18 Å². The van der Waals surface area contributed by atoms with Crippen molar-refractivity contribution in [3.63, 3.8) is 0 Å². The van der Waals surface area contributed by atoms with Crippen LogP contribution in [0.15, 0.2) is 48.5 Å². The molecule has 1 atom stereocenters. The van der Waals surface area contributed by atoms with Crippen LogP contribution in [-0.4, -0.2) is 54.9 Å². The van der Waals surface area contributed by atoms with Crippen LogP contribution in [0.1, 0.15) is 19.0 Å². The Labute approximate surface area is 187 Å². The highest BCUT2D eigenvalue weighted by molar-refractivity contribution is 5.96. The summed E-state index contributed by atoms with van der Waals surface area (Å²) in [7, 11) is 5.06. The number of carbonyl (C=O) groups excluding carboxylic acids is 1. The monoisotopic (exact) mass is 440 g/mol. The average molecular weight is 441 g/mol. The summed E-state index contributed by atoms with van der Waals surface area (Å²) in [5.41, 5.74) is 3.22. The summed E-state index contributed by atoms with van der Waals surface area (Å²) in [6.07, 6.45) is 1.64. The highest BCUT2D eigenvalue weighted by Crippen LogP contribution is 2.29. The largest absolute Gasteiger partial charge is 0.497 e. The summed E-state index contributed by atoms with van der Waals surface area (Å²) in [5, 5.41) is 10.3. The number of hydrogen-bond donors (Lipinski definition) is 2. The fourth-order valence-corrected chi connectivity index (χ4v) is 3.32. The number of anilines is 1. The third-order valence-corrected chi connectivity index (χ3v) is 5.43. The van der Waals surface area contributed by atoms with Crippen LogP contribution in [0, 0.1) is 5.82 Å². The van der Waals surface area contributed by atoms with Gasteiger partial charge in [0.25, 0.3) is 0 Å². The fraction of sp³-hybridized carbons (Fsp3) is 0.333. The normalized spacial score (nSPS) is 11.9. The summed E-state index contributed by atoms with van der Waals surface area (Å²) in [5.74, 6) is 0.821. The Morgan fingerprint density at radius 1 is 1.16 bits per heavy atom. The van der Waals surface area contributed by atoms with Gasteiger partial charge >= 0.3 is 0 Å². The lowest BCUT2D eigenvalue weighted by molar-refractivity contribution is -0.120. The van der Waals surface area contributed by atoms with Crippen molar-refractivity contribution in [3.8, 4) is 22.8 Å². The molecule has 0 aliphatic carbocycles. The zero-order valence-electron chi connectivity index (χ0n) is 18.8. The summed E-state index contributed by atoms with van der Waals surface area (Å²) in [6, 6.07) is 13.2. The van der Waals surface area contributed by atoms with E-state index < -0.39 is 0 Å². The number of halogens is 1. The molecule has 3 rings (SSSR count). The molecule has 8 heteroatoms. The number of aromatic nitrogens is 2. The minimum atomic E-state index is -0.331. The Kier molecular flexibility index (Phi) is 7.83. The summed E-state index contributed by atoms with van der Waals surface area (Å²) in [6.45, 7) is 2.60. The van der Waals surface area contributed by atoms with E-state index in [1.807, 2.05) is 24.9 Å². The molecule has 0 saturated carbocycles. The molecule has 2 aromatic carbocycles. The van der Waals surface area contributed by atoms with Crippen molar-refractivity contribution in [1.82, 2.24) is 15.1 Å². The topological polar surface area (TPSA) is 79.5 Å². The molecule has 1 unspecified atom stereocenters. The molecule has 7 nitrogen and oxygen atoms in total. The van der Waals surface area contributed by atoms with Crippen molar-refractivity contribution in [2.75, 3.05) is 33.1 Å². The number of nitrogens with one attached hydrogen (secondary N) is 2. The lowest BCUT2D eigenvalue weighted by atomic mass is 10.1. The number of methoxy groups -OCH3 is 2. The first kappa shape index (κ1) is 23.3. The van der Waals surface area contributed by atoms with Crippen LogP contribution >= 0.6 is 0 Å². The molecule has 2 N–H and O–H groups in total. The number of benzene rings is 2. The van der Waals surface area contributed by atoms with Crippen LogP contribution in [0.3, 0.4) is 0 Å². The number of likely N-dealkylation sites (N-methyl/N-ethyl adjacent to an activating group) is 1. The van der Waals surface area contributed by atoms with Gasteiger partial charge in [-0.25, -0.2) is 4.39 Å². The van der Waals surface area contributed by atoms with E-state index in [-0.39, 0.29) is 17.8 Å². The lowest BCUT2D eigenvalue weighted by Crippen LogP contribution is -2.40. The predicted molar refractivity (Wildman–Crippen MR) is 123 cm³/mol. The molecule has 0 spiro atoms. The van der Waals surface area contributed by atoms with Crippen LogP contribution < -0.4 is 14.8 Å². The maximum atomic E-state index is 13.1. The Hall–Kier alpha value is -3.39. The number of rotatable bonds is 10. The van der Waals surface area contributed by atoms with E-state index in [1.165, 1.54) is 12.1 Å². The number of nitrogens with zero attached hydrogens (tertiary/aromatic N) is 2. The van der Waals surface area contributed by atoms with E-state index in [4.69, 9.17) is 9.47 Å². The van der Waals surface area contributed by atoms with Crippen molar-refractivity contribution in [1.29, 1.82) is 0 Å². The maximum absolute atomic E-state index is 13.1. The van der Waals surface area contributed by atoms with E-state index in [2.05, 4.69) is 15.5 Å². The first-order valence-electron chi connectivity index (χ1n) is 10.4. The second-order valence-corrected chi connectivity index (χ2v) is 7.60. The molecule has 0 saturated heterocycles. The van der Waals surface area contributed by atoms with Gasteiger partial charge in [-0.2, -0.15) is 5.10 Å². The molecule has 0 aliphatic heterocycles. The molecular weight excluding hydrogens is 411 g/mol. The summed E-state index contributed by atoms with van der Waals surface area (Å²) >= 11 is 0. The number of amides is 1. The van der Waals surface area contributed by atoms with Crippen molar-refractivity contribution in [3.05, 3.63) is 60.0 Å². The highest BCUT2D eigenvalue weighted by atomic mass is 19.1. The summed E-state index contributed by atoms with van der Waals surface area (Å²) < 4.78 is 23.7. The van der Waals surface area contributed by atoms with Gasteiger partial charge in [0, 0.05) is 17.3 Å². The van der Waals surface area contributed by atoms with Crippen molar-refractivity contribution in [2.24, 2.45) is 0 Å². The Morgan fingerprint density at radius 2 is 1.91 bits per heavy atom. The van der Waals surface area contributed by atoms with Crippen LogP contribution in [0.4, 0.5) is 10.1 Å². The van der Waals surface area contributed by atoms with Gasteiger partial charge in [-0.1, -0.05) is 0 Å². The van der Waals surface area contributed by atoms with Gasteiger partial charge in [0.2, 0.25) is 5.91 Å². The van der Waals surface area contributed by atoms with E-state index in [1.54, 1.807) is 44.6 Å². The van der Waals surface area contributed by atoms with Crippen molar-refractivity contribution < 1.29 is 18.7 Å². The van der Waals surface area contributed by atoms with Gasteiger partial charge in [-0.15, -0.1) is 0 Å². The first-order valence-corrected chi connectivity index (χ1v) is 10.4. The van der Waals surface area contributed by atoms with Crippen LogP contribution in [-0.2, 0) is 11.2 Å². The van der Waals surface area contributed by atoms with Gasteiger partial charge in [0.1, 0.15) is 17.3 Å². The average Bonchev–Trinajstić information content (AvgIpc) is 3.27. The summed E-state index contributed by atoms with van der Waals surface area (Å²) in [4.78, 5) is 14.7. The maximum Gasteiger partial charge on any atom is 0.241 e. The van der Waals surface area contributed by atoms with Gasteiger partial charge in [-0.05, 0) is 75.8 Å². The molecule has 0 fully saturated rings.